The van der Waals surface area contributed by atoms with E-state index in [4.69, 9.17) is 9.47 Å². The number of benzene rings is 5. The van der Waals surface area contributed by atoms with Crippen LogP contribution in [0, 0.1) is 6.92 Å². The molecule has 53 heavy (non-hydrogen) atoms. The number of methoxy groups -OCH3 is 1. The third-order valence-corrected chi connectivity index (χ3v) is 9.15. The molecule has 270 valence electrons. The maximum absolute atomic E-state index is 13.4. The Bertz CT molecular complexity index is 2190. The Morgan fingerprint density at radius 2 is 1.17 bits per heavy atom. The number of carbonyl (C=O) groups excluding carboxylic acids is 2. The SMILES string of the molecule is C=C(C(=O)Nc1ccc(NC(=O)[C@@H](C)c2cc(Oc3ccc(C(C)(C)c4ccc(OC)cc4)cc3)ccc2C(=O)O)cc1)c1cc(C)ccc1C(=O)O. The number of anilines is 2. The standard InChI is InChI=1S/C43H40N2O8/c1-25-7-21-35(41(48)49)37(23-25)26(2)39(46)44-30-12-14-31(15-13-30)45-40(47)27(3)38-24-34(20-22-36(38)42(50)51)53-33-18-10-29(11-19-33)43(4,5)28-8-16-32(52-6)17-9-28/h7-24,27H,2H2,1,3-6H3,(H,44,46)(H,45,47)(H,48,49)(H,50,51)/t27-/m0/s1. The molecule has 0 unspecified atom stereocenters. The van der Waals surface area contributed by atoms with Crippen molar-refractivity contribution >= 4 is 40.7 Å². The van der Waals surface area contributed by atoms with Gasteiger partial charge in [-0.15, -0.1) is 0 Å². The van der Waals surface area contributed by atoms with Gasteiger partial charge in [0.15, 0.2) is 0 Å². The molecule has 10 nitrogen and oxygen atoms in total. The lowest BCUT2D eigenvalue weighted by molar-refractivity contribution is -0.117. The fourth-order valence-corrected chi connectivity index (χ4v) is 5.86. The van der Waals surface area contributed by atoms with Gasteiger partial charge < -0.3 is 30.3 Å². The number of aromatic carboxylic acids is 2. The second-order valence-corrected chi connectivity index (χ2v) is 13.1. The highest BCUT2D eigenvalue weighted by atomic mass is 16.5. The molecule has 0 spiro atoms. The summed E-state index contributed by atoms with van der Waals surface area (Å²) in [6.07, 6.45) is 0. The highest BCUT2D eigenvalue weighted by Crippen LogP contribution is 2.35. The predicted molar refractivity (Wildman–Crippen MR) is 204 cm³/mol. The molecule has 0 radical (unpaired) electrons. The van der Waals surface area contributed by atoms with E-state index in [1.807, 2.05) is 48.5 Å². The second-order valence-electron chi connectivity index (χ2n) is 13.1. The van der Waals surface area contributed by atoms with Crippen LogP contribution in [-0.2, 0) is 15.0 Å². The molecule has 5 aromatic carbocycles. The number of carboxylic acid groups (broad SMARTS) is 2. The van der Waals surface area contributed by atoms with E-state index in [2.05, 4.69) is 31.1 Å². The summed E-state index contributed by atoms with van der Waals surface area (Å²) >= 11 is 0. The molecule has 4 N–H and O–H groups in total. The van der Waals surface area contributed by atoms with Gasteiger partial charge in [-0.05, 0) is 103 Å². The molecular formula is C43H40N2O8. The van der Waals surface area contributed by atoms with Crippen LogP contribution in [0.4, 0.5) is 11.4 Å². The average molecular weight is 713 g/mol. The Hall–Kier alpha value is -6.68. The van der Waals surface area contributed by atoms with Crippen LogP contribution >= 0.6 is 0 Å². The molecule has 2 amide bonds. The fourth-order valence-electron chi connectivity index (χ4n) is 5.86. The minimum absolute atomic E-state index is 0.0107. The van der Waals surface area contributed by atoms with Crippen molar-refractivity contribution in [2.75, 3.05) is 17.7 Å². The number of ether oxygens (including phenoxy) is 2. The van der Waals surface area contributed by atoms with Gasteiger partial charge in [-0.3, -0.25) is 9.59 Å². The first kappa shape index (κ1) is 37.6. The Labute approximate surface area is 307 Å². The second kappa shape index (κ2) is 15.7. The smallest absolute Gasteiger partial charge is 0.336 e. The third-order valence-electron chi connectivity index (χ3n) is 9.15. The minimum atomic E-state index is -1.18. The van der Waals surface area contributed by atoms with Crippen LogP contribution in [0.15, 0.2) is 116 Å². The highest BCUT2D eigenvalue weighted by molar-refractivity contribution is 6.26. The van der Waals surface area contributed by atoms with Gasteiger partial charge in [0.05, 0.1) is 24.2 Å². The summed E-state index contributed by atoms with van der Waals surface area (Å²) < 4.78 is 11.4. The van der Waals surface area contributed by atoms with E-state index in [-0.39, 0.29) is 33.2 Å². The number of aryl methyl sites for hydroxylation is 1. The monoisotopic (exact) mass is 712 g/mol. The van der Waals surface area contributed by atoms with Crippen LogP contribution in [0.25, 0.3) is 5.57 Å². The molecule has 0 saturated carbocycles. The molecule has 1 atom stereocenters. The van der Waals surface area contributed by atoms with Crippen LogP contribution in [-0.4, -0.2) is 41.1 Å². The van der Waals surface area contributed by atoms with E-state index in [0.717, 1.165) is 22.4 Å². The van der Waals surface area contributed by atoms with Crippen LogP contribution < -0.4 is 20.1 Å². The summed E-state index contributed by atoms with van der Waals surface area (Å²) in [6, 6.07) is 31.1. The van der Waals surface area contributed by atoms with Gasteiger partial charge in [-0.2, -0.15) is 0 Å². The van der Waals surface area contributed by atoms with Gasteiger partial charge in [0.25, 0.3) is 5.91 Å². The minimum Gasteiger partial charge on any atom is -0.497 e. The number of amides is 2. The summed E-state index contributed by atoms with van der Waals surface area (Å²) in [5, 5.41) is 24.9. The van der Waals surface area contributed by atoms with Crippen LogP contribution in [0.1, 0.15) is 75.2 Å². The topological polar surface area (TPSA) is 151 Å². The number of carbonyl (C=O) groups is 4. The van der Waals surface area contributed by atoms with Crippen molar-refractivity contribution in [2.45, 2.75) is 39.0 Å². The number of hydrogen-bond donors (Lipinski definition) is 4. The molecule has 0 saturated heterocycles. The molecule has 5 aromatic rings. The molecule has 0 aliphatic rings. The zero-order valence-electron chi connectivity index (χ0n) is 30.0. The van der Waals surface area contributed by atoms with Gasteiger partial charge in [-0.25, -0.2) is 9.59 Å². The van der Waals surface area contributed by atoms with E-state index in [0.29, 0.717) is 22.9 Å². The van der Waals surface area contributed by atoms with Crippen LogP contribution in [0.3, 0.4) is 0 Å². The maximum Gasteiger partial charge on any atom is 0.336 e. The van der Waals surface area contributed by atoms with E-state index < -0.39 is 29.7 Å². The van der Waals surface area contributed by atoms with E-state index in [9.17, 15) is 29.4 Å². The molecule has 0 aliphatic carbocycles. The van der Waals surface area contributed by atoms with Crippen molar-refractivity contribution in [3.8, 4) is 17.2 Å². The number of nitrogens with one attached hydrogen (secondary N) is 2. The maximum atomic E-state index is 13.4. The Morgan fingerprint density at radius 3 is 1.72 bits per heavy atom. The first-order chi connectivity index (χ1) is 25.2. The number of carboxylic acids is 2. The average Bonchev–Trinajstić information content (AvgIpc) is 3.14. The molecular weight excluding hydrogens is 672 g/mol. The molecule has 5 rings (SSSR count). The lowest BCUT2D eigenvalue weighted by atomic mass is 9.78. The van der Waals surface area contributed by atoms with Gasteiger partial charge in [0.1, 0.15) is 17.2 Å². The molecule has 0 aromatic heterocycles. The quantitative estimate of drug-likeness (QED) is 0.0884. The zero-order chi connectivity index (χ0) is 38.4. The van der Waals surface area contributed by atoms with Crippen molar-refractivity contribution in [3.05, 3.63) is 155 Å². The van der Waals surface area contributed by atoms with Crippen molar-refractivity contribution in [2.24, 2.45) is 0 Å². The molecule has 10 heteroatoms. The number of rotatable bonds is 13. The van der Waals surface area contributed by atoms with E-state index >= 15 is 0 Å². The molecule has 0 heterocycles. The van der Waals surface area contributed by atoms with Crippen molar-refractivity contribution in [3.63, 3.8) is 0 Å². The van der Waals surface area contributed by atoms with E-state index in [1.165, 1.54) is 12.1 Å². The zero-order valence-corrected chi connectivity index (χ0v) is 30.0. The van der Waals surface area contributed by atoms with Gasteiger partial charge in [0.2, 0.25) is 5.91 Å². The van der Waals surface area contributed by atoms with E-state index in [1.54, 1.807) is 69.5 Å². The lowest BCUT2D eigenvalue weighted by Crippen LogP contribution is -2.21. The normalized spacial score (nSPS) is 11.6. The largest absolute Gasteiger partial charge is 0.497 e. The molecule has 0 bridgehead atoms. The molecule has 0 aliphatic heterocycles. The highest BCUT2D eigenvalue weighted by Gasteiger charge is 2.25. The Kier molecular flexibility index (Phi) is 11.1. The summed E-state index contributed by atoms with van der Waals surface area (Å²) in [6.45, 7) is 11.4. The Morgan fingerprint density at radius 1 is 0.660 bits per heavy atom. The fraction of sp³-hybridized carbons (Fsp3) is 0.163. The lowest BCUT2D eigenvalue weighted by Gasteiger charge is -2.26. The van der Waals surface area contributed by atoms with Gasteiger partial charge in [0, 0.05) is 27.9 Å². The van der Waals surface area contributed by atoms with Crippen molar-refractivity contribution < 1.29 is 38.9 Å². The third kappa shape index (κ3) is 8.62. The number of hydrogen-bond acceptors (Lipinski definition) is 6. The Balaban J connectivity index is 1.26. The summed E-state index contributed by atoms with van der Waals surface area (Å²) in [4.78, 5) is 50.1. The first-order valence-corrected chi connectivity index (χ1v) is 16.7. The van der Waals surface area contributed by atoms with Crippen molar-refractivity contribution in [1.29, 1.82) is 0 Å². The summed E-state index contributed by atoms with van der Waals surface area (Å²) in [7, 11) is 1.63. The summed E-state index contributed by atoms with van der Waals surface area (Å²) in [5.41, 5.74) is 3.88. The van der Waals surface area contributed by atoms with Crippen LogP contribution in [0.2, 0.25) is 0 Å². The van der Waals surface area contributed by atoms with Gasteiger partial charge in [-0.1, -0.05) is 62.4 Å². The van der Waals surface area contributed by atoms with Gasteiger partial charge >= 0.3 is 11.9 Å². The van der Waals surface area contributed by atoms with Crippen molar-refractivity contribution in [1.82, 2.24) is 0 Å². The van der Waals surface area contributed by atoms with Crippen LogP contribution in [0.5, 0.6) is 17.2 Å². The molecule has 0 fully saturated rings. The summed E-state index contributed by atoms with van der Waals surface area (Å²) in [5.74, 6) is -2.57. The first-order valence-electron chi connectivity index (χ1n) is 16.7. The predicted octanol–water partition coefficient (Wildman–Crippen LogP) is 8.91.